The number of amides is 1. The van der Waals surface area contributed by atoms with Crippen LogP contribution in [-0.4, -0.2) is 17.2 Å². The largest absolute Gasteiger partial charge is 0.323 e. The number of aliphatic imine (C=N–C) groups is 1. The van der Waals surface area contributed by atoms with E-state index in [0.29, 0.717) is 40.4 Å². The summed E-state index contributed by atoms with van der Waals surface area (Å²) < 4.78 is 14.3. The fourth-order valence-electron chi connectivity index (χ4n) is 2.70. The standard InChI is InChI=1S/C17H12ClFN2O/c18-10-5-6-14-12(9-10)15(11-3-1-2-4-13(11)19)21-17(7-8-17)16(22)20-14/h1-6,9H,7-8H2,(H,20,22). The van der Waals surface area contributed by atoms with Gasteiger partial charge in [0.25, 0.3) is 5.91 Å². The predicted octanol–water partition coefficient (Wildman–Crippen LogP) is 3.80. The van der Waals surface area contributed by atoms with Gasteiger partial charge in [-0.25, -0.2) is 4.39 Å². The molecule has 0 unspecified atom stereocenters. The number of hydrogen-bond acceptors (Lipinski definition) is 2. The summed E-state index contributed by atoms with van der Waals surface area (Å²) in [6.07, 6.45) is 1.36. The number of fused-ring (bicyclic) bond motifs is 1. The van der Waals surface area contributed by atoms with Crippen molar-refractivity contribution in [1.29, 1.82) is 0 Å². The molecule has 4 rings (SSSR count). The Hall–Kier alpha value is -2.20. The van der Waals surface area contributed by atoms with E-state index in [4.69, 9.17) is 11.6 Å². The molecule has 1 aliphatic carbocycles. The molecule has 2 aromatic rings. The normalized spacial score (nSPS) is 18.3. The van der Waals surface area contributed by atoms with Gasteiger partial charge in [0.05, 0.1) is 11.4 Å². The molecule has 5 heteroatoms. The number of hydrogen-bond donors (Lipinski definition) is 1. The molecule has 1 fully saturated rings. The highest BCUT2D eigenvalue weighted by Crippen LogP contribution is 2.44. The molecule has 1 N–H and O–H groups in total. The lowest BCUT2D eigenvalue weighted by atomic mass is 10.00. The van der Waals surface area contributed by atoms with Crippen LogP contribution in [0.5, 0.6) is 0 Å². The summed E-state index contributed by atoms with van der Waals surface area (Å²) in [4.78, 5) is 17.0. The van der Waals surface area contributed by atoms with Gasteiger partial charge in [-0.1, -0.05) is 23.7 Å². The fraction of sp³-hybridized carbons (Fsp3) is 0.176. The summed E-state index contributed by atoms with van der Waals surface area (Å²) in [6.45, 7) is 0. The van der Waals surface area contributed by atoms with Crippen molar-refractivity contribution in [2.24, 2.45) is 4.99 Å². The van der Waals surface area contributed by atoms with E-state index in [2.05, 4.69) is 10.3 Å². The van der Waals surface area contributed by atoms with Gasteiger partial charge >= 0.3 is 0 Å². The summed E-state index contributed by atoms with van der Waals surface area (Å²) in [5.41, 5.74) is 1.36. The number of nitrogens with zero attached hydrogens (tertiary/aromatic N) is 1. The van der Waals surface area contributed by atoms with E-state index in [-0.39, 0.29) is 11.7 Å². The van der Waals surface area contributed by atoms with Crippen LogP contribution in [0.3, 0.4) is 0 Å². The third-order valence-corrected chi connectivity index (χ3v) is 4.32. The van der Waals surface area contributed by atoms with Crippen molar-refractivity contribution < 1.29 is 9.18 Å². The van der Waals surface area contributed by atoms with Crippen molar-refractivity contribution in [1.82, 2.24) is 0 Å². The minimum atomic E-state index is -0.761. The van der Waals surface area contributed by atoms with Gasteiger partial charge in [-0.15, -0.1) is 0 Å². The average Bonchev–Trinajstić information content (AvgIpc) is 3.29. The van der Waals surface area contributed by atoms with Crippen molar-refractivity contribution in [3.63, 3.8) is 0 Å². The third-order valence-electron chi connectivity index (χ3n) is 4.09. The first-order valence-corrected chi connectivity index (χ1v) is 7.43. The van der Waals surface area contributed by atoms with Crippen molar-refractivity contribution in [2.75, 3.05) is 5.32 Å². The van der Waals surface area contributed by atoms with Crippen LogP contribution in [0.1, 0.15) is 24.0 Å². The maximum Gasteiger partial charge on any atom is 0.252 e. The molecule has 0 radical (unpaired) electrons. The Kier molecular flexibility index (Phi) is 2.84. The summed E-state index contributed by atoms with van der Waals surface area (Å²) in [6, 6.07) is 11.6. The van der Waals surface area contributed by atoms with Crippen molar-refractivity contribution in [3.05, 3.63) is 64.4 Å². The molecule has 1 spiro atoms. The molecule has 1 saturated carbocycles. The minimum Gasteiger partial charge on any atom is -0.323 e. The lowest BCUT2D eigenvalue weighted by molar-refractivity contribution is -0.118. The molecule has 0 aromatic heterocycles. The van der Waals surface area contributed by atoms with Crippen LogP contribution in [-0.2, 0) is 4.79 Å². The van der Waals surface area contributed by atoms with E-state index < -0.39 is 5.54 Å². The number of carbonyl (C=O) groups is 1. The average molecular weight is 315 g/mol. The lowest BCUT2D eigenvalue weighted by Crippen LogP contribution is -2.27. The number of halogens is 2. The second-order valence-electron chi connectivity index (χ2n) is 5.62. The fourth-order valence-corrected chi connectivity index (χ4v) is 2.87. The zero-order valence-electron chi connectivity index (χ0n) is 11.6. The zero-order valence-corrected chi connectivity index (χ0v) is 12.3. The minimum absolute atomic E-state index is 0.137. The summed E-state index contributed by atoms with van der Waals surface area (Å²) in [5, 5.41) is 3.40. The monoisotopic (exact) mass is 314 g/mol. The Morgan fingerprint density at radius 1 is 1.14 bits per heavy atom. The smallest absolute Gasteiger partial charge is 0.252 e. The molecule has 0 saturated heterocycles. The van der Waals surface area contributed by atoms with Gasteiger partial charge < -0.3 is 5.32 Å². The predicted molar refractivity (Wildman–Crippen MR) is 84.1 cm³/mol. The van der Waals surface area contributed by atoms with Crippen LogP contribution in [0.2, 0.25) is 5.02 Å². The number of anilines is 1. The second kappa shape index (κ2) is 4.65. The highest BCUT2D eigenvalue weighted by atomic mass is 35.5. The second-order valence-corrected chi connectivity index (χ2v) is 6.05. The zero-order chi connectivity index (χ0) is 15.3. The SMILES string of the molecule is O=C1Nc2ccc(Cl)cc2C(c2ccccc2F)=NC12CC2. The molecule has 3 nitrogen and oxygen atoms in total. The van der Waals surface area contributed by atoms with Crippen molar-refractivity contribution in [3.8, 4) is 0 Å². The summed E-state index contributed by atoms with van der Waals surface area (Å²) in [7, 11) is 0. The first-order chi connectivity index (χ1) is 10.6. The van der Waals surface area contributed by atoms with E-state index >= 15 is 0 Å². The molecule has 1 aliphatic heterocycles. The topological polar surface area (TPSA) is 41.5 Å². The van der Waals surface area contributed by atoms with Crippen LogP contribution < -0.4 is 5.32 Å². The summed E-state index contributed by atoms with van der Waals surface area (Å²) in [5.74, 6) is -0.500. The molecular formula is C17H12ClFN2O. The first-order valence-electron chi connectivity index (χ1n) is 7.05. The van der Waals surface area contributed by atoms with E-state index in [1.165, 1.54) is 6.07 Å². The molecular weight excluding hydrogens is 303 g/mol. The molecule has 0 atom stereocenters. The van der Waals surface area contributed by atoms with Crippen LogP contribution >= 0.6 is 11.6 Å². The Bertz CT molecular complexity index is 827. The van der Waals surface area contributed by atoms with Crippen LogP contribution in [0.15, 0.2) is 47.5 Å². The lowest BCUT2D eigenvalue weighted by Gasteiger charge is -2.11. The van der Waals surface area contributed by atoms with Gasteiger partial charge in [0.2, 0.25) is 0 Å². The Labute approximate surface area is 131 Å². The van der Waals surface area contributed by atoms with Gasteiger partial charge in [0.15, 0.2) is 0 Å². The Morgan fingerprint density at radius 3 is 2.64 bits per heavy atom. The number of carbonyl (C=O) groups excluding carboxylic acids is 1. The molecule has 0 bridgehead atoms. The van der Waals surface area contributed by atoms with Crippen molar-refractivity contribution >= 4 is 28.9 Å². The maximum atomic E-state index is 14.3. The van der Waals surface area contributed by atoms with Crippen LogP contribution in [0.25, 0.3) is 0 Å². The van der Waals surface area contributed by atoms with E-state index in [1.54, 1.807) is 36.4 Å². The molecule has 2 aromatic carbocycles. The van der Waals surface area contributed by atoms with Crippen LogP contribution in [0, 0.1) is 5.82 Å². The molecule has 1 amide bonds. The molecule has 110 valence electrons. The highest BCUT2D eigenvalue weighted by Gasteiger charge is 2.51. The number of nitrogens with one attached hydrogen (secondary N) is 1. The quantitative estimate of drug-likeness (QED) is 0.854. The number of benzene rings is 2. The van der Waals surface area contributed by atoms with Crippen molar-refractivity contribution in [2.45, 2.75) is 18.4 Å². The van der Waals surface area contributed by atoms with Gasteiger partial charge in [0, 0.05) is 16.1 Å². The van der Waals surface area contributed by atoms with Gasteiger partial charge in [-0.3, -0.25) is 9.79 Å². The maximum absolute atomic E-state index is 14.3. The number of rotatable bonds is 1. The van der Waals surface area contributed by atoms with E-state index in [1.807, 2.05) is 0 Å². The molecule has 22 heavy (non-hydrogen) atoms. The van der Waals surface area contributed by atoms with Gasteiger partial charge in [0.1, 0.15) is 11.4 Å². The highest BCUT2D eigenvalue weighted by molar-refractivity contribution is 6.32. The Balaban J connectivity index is 2.00. The van der Waals surface area contributed by atoms with E-state index in [9.17, 15) is 9.18 Å². The van der Waals surface area contributed by atoms with Crippen LogP contribution in [0.4, 0.5) is 10.1 Å². The Morgan fingerprint density at radius 2 is 1.91 bits per heavy atom. The van der Waals surface area contributed by atoms with Gasteiger partial charge in [-0.2, -0.15) is 0 Å². The van der Waals surface area contributed by atoms with E-state index in [0.717, 1.165) is 0 Å². The summed E-state index contributed by atoms with van der Waals surface area (Å²) >= 11 is 6.08. The third kappa shape index (κ3) is 2.03. The molecule has 2 aliphatic rings. The first kappa shape index (κ1) is 13.5. The molecule has 1 heterocycles. The van der Waals surface area contributed by atoms with Gasteiger partial charge in [-0.05, 0) is 43.2 Å².